The number of nitrogens with two attached hydrogens (primary N) is 1. The molecule has 1 aliphatic heterocycles. The zero-order valence-electron chi connectivity index (χ0n) is 12.2. The summed E-state index contributed by atoms with van der Waals surface area (Å²) in [5.74, 6) is 1.89. The first-order valence-electron chi connectivity index (χ1n) is 7.93. The highest BCUT2D eigenvalue weighted by Crippen LogP contribution is 2.40. The Morgan fingerprint density at radius 3 is 2.95 bits per heavy atom. The van der Waals surface area contributed by atoms with Gasteiger partial charge in [-0.25, -0.2) is 4.98 Å². The SMILES string of the molecule is N=C(N)c1cc2c(nc1N1CC3CCC(O)C3C1)CCC2. The second-order valence-electron chi connectivity index (χ2n) is 6.71. The summed E-state index contributed by atoms with van der Waals surface area (Å²) >= 11 is 0. The Hall–Kier alpha value is -1.62. The van der Waals surface area contributed by atoms with E-state index in [1.54, 1.807) is 0 Å². The van der Waals surface area contributed by atoms with Gasteiger partial charge in [0.1, 0.15) is 11.7 Å². The summed E-state index contributed by atoms with van der Waals surface area (Å²) < 4.78 is 0. The van der Waals surface area contributed by atoms with Crippen molar-refractivity contribution in [1.82, 2.24) is 4.98 Å². The van der Waals surface area contributed by atoms with Crippen LogP contribution in [0.3, 0.4) is 0 Å². The fourth-order valence-electron chi connectivity index (χ4n) is 4.31. The van der Waals surface area contributed by atoms with Crippen LogP contribution in [0.4, 0.5) is 5.82 Å². The fourth-order valence-corrected chi connectivity index (χ4v) is 4.31. The molecule has 1 saturated heterocycles. The van der Waals surface area contributed by atoms with Gasteiger partial charge in [0.25, 0.3) is 0 Å². The van der Waals surface area contributed by atoms with Gasteiger partial charge in [-0.1, -0.05) is 0 Å². The molecule has 2 fully saturated rings. The Balaban J connectivity index is 1.70. The molecule has 4 N–H and O–H groups in total. The van der Waals surface area contributed by atoms with Crippen molar-refractivity contribution in [2.24, 2.45) is 17.6 Å². The summed E-state index contributed by atoms with van der Waals surface area (Å²) in [6.45, 7) is 1.78. The van der Waals surface area contributed by atoms with Gasteiger partial charge in [0.2, 0.25) is 0 Å². The first-order valence-corrected chi connectivity index (χ1v) is 7.93. The molecule has 0 radical (unpaired) electrons. The summed E-state index contributed by atoms with van der Waals surface area (Å²) in [7, 11) is 0. The number of aryl methyl sites for hydroxylation is 2. The molecule has 112 valence electrons. The van der Waals surface area contributed by atoms with Crippen LogP contribution in [0.25, 0.3) is 0 Å². The summed E-state index contributed by atoms with van der Waals surface area (Å²) in [5.41, 5.74) is 8.98. The molecule has 0 bridgehead atoms. The van der Waals surface area contributed by atoms with Crippen LogP contribution in [0.1, 0.15) is 36.1 Å². The predicted molar refractivity (Wildman–Crippen MR) is 81.7 cm³/mol. The Kier molecular flexibility index (Phi) is 2.92. The topological polar surface area (TPSA) is 86.2 Å². The van der Waals surface area contributed by atoms with Crippen LogP contribution in [-0.4, -0.2) is 35.1 Å². The highest BCUT2D eigenvalue weighted by molar-refractivity contribution is 6.00. The third kappa shape index (κ3) is 2.02. The lowest BCUT2D eigenvalue weighted by Crippen LogP contribution is -2.28. The van der Waals surface area contributed by atoms with Crippen LogP contribution in [0.15, 0.2) is 6.07 Å². The van der Waals surface area contributed by atoms with Crippen molar-refractivity contribution < 1.29 is 5.11 Å². The molecule has 5 heteroatoms. The van der Waals surface area contributed by atoms with E-state index in [-0.39, 0.29) is 11.9 Å². The molecule has 1 aromatic rings. The number of rotatable bonds is 2. The van der Waals surface area contributed by atoms with Crippen molar-refractivity contribution in [2.45, 2.75) is 38.2 Å². The number of aliphatic hydroxyl groups excluding tert-OH is 1. The Labute approximate surface area is 124 Å². The minimum atomic E-state index is -0.171. The van der Waals surface area contributed by atoms with E-state index in [9.17, 15) is 5.11 Å². The zero-order valence-corrected chi connectivity index (χ0v) is 12.2. The van der Waals surface area contributed by atoms with Crippen LogP contribution in [0.5, 0.6) is 0 Å². The molecule has 3 unspecified atom stereocenters. The molecule has 2 aliphatic carbocycles. The van der Waals surface area contributed by atoms with Gasteiger partial charge >= 0.3 is 0 Å². The third-order valence-electron chi connectivity index (χ3n) is 5.44. The van der Waals surface area contributed by atoms with Crippen LogP contribution in [-0.2, 0) is 12.8 Å². The molecular weight excluding hydrogens is 264 g/mol. The molecule has 1 aromatic heterocycles. The largest absolute Gasteiger partial charge is 0.393 e. The summed E-state index contributed by atoms with van der Waals surface area (Å²) in [6, 6.07) is 2.07. The lowest BCUT2D eigenvalue weighted by atomic mass is 10.00. The molecule has 0 spiro atoms. The number of hydrogen-bond acceptors (Lipinski definition) is 4. The Bertz CT molecular complexity index is 600. The van der Waals surface area contributed by atoms with Crippen LogP contribution in [0.2, 0.25) is 0 Å². The second kappa shape index (κ2) is 4.70. The molecule has 2 heterocycles. The number of amidine groups is 1. The van der Waals surface area contributed by atoms with Gasteiger partial charge in [-0.05, 0) is 49.7 Å². The number of fused-ring (bicyclic) bond motifs is 2. The first kappa shape index (κ1) is 13.1. The van der Waals surface area contributed by atoms with Gasteiger partial charge in [-0.15, -0.1) is 0 Å². The number of nitrogen functional groups attached to an aromatic ring is 1. The predicted octanol–water partition coefficient (Wildman–Crippen LogP) is 1.06. The van der Waals surface area contributed by atoms with E-state index < -0.39 is 0 Å². The van der Waals surface area contributed by atoms with E-state index in [0.717, 1.165) is 56.6 Å². The van der Waals surface area contributed by atoms with Crippen LogP contribution >= 0.6 is 0 Å². The lowest BCUT2D eigenvalue weighted by molar-refractivity contribution is 0.133. The number of aromatic nitrogens is 1. The van der Waals surface area contributed by atoms with Gasteiger partial charge in [0.15, 0.2) is 0 Å². The summed E-state index contributed by atoms with van der Waals surface area (Å²) in [5, 5.41) is 17.9. The van der Waals surface area contributed by atoms with Gasteiger partial charge in [0, 0.05) is 24.7 Å². The molecule has 3 aliphatic rings. The molecule has 0 amide bonds. The third-order valence-corrected chi connectivity index (χ3v) is 5.44. The van der Waals surface area contributed by atoms with Crippen molar-refractivity contribution in [3.05, 3.63) is 22.9 Å². The highest BCUT2D eigenvalue weighted by atomic mass is 16.3. The van der Waals surface area contributed by atoms with E-state index in [1.807, 2.05) is 0 Å². The van der Waals surface area contributed by atoms with Crippen LogP contribution in [0, 0.1) is 17.2 Å². The monoisotopic (exact) mass is 286 g/mol. The standard InChI is InChI=1S/C16H22N4O/c17-15(18)11-6-9-2-1-3-13(9)19-16(11)20-7-10-4-5-14(21)12(10)8-20/h6,10,12,14,21H,1-5,7-8H2,(H3,17,18). The number of anilines is 1. The van der Waals surface area contributed by atoms with E-state index in [1.165, 1.54) is 11.3 Å². The van der Waals surface area contributed by atoms with Crippen LogP contribution < -0.4 is 10.6 Å². The number of nitrogens with one attached hydrogen (secondary N) is 1. The van der Waals surface area contributed by atoms with E-state index in [4.69, 9.17) is 16.1 Å². The van der Waals surface area contributed by atoms with Crippen molar-refractivity contribution in [1.29, 1.82) is 5.41 Å². The highest BCUT2D eigenvalue weighted by Gasteiger charge is 2.42. The molecule has 4 rings (SSSR count). The quantitative estimate of drug-likeness (QED) is 0.560. The molecule has 1 saturated carbocycles. The number of hydrogen-bond donors (Lipinski definition) is 3. The molecule has 3 atom stereocenters. The summed E-state index contributed by atoms with van der Waals surface area (Å²) in [6.07, 6.45) is 5.09. The Morgan fingerprint density at radius 2 is 2.19 bits per heavy atom. The van der Waals surface area contributed by atoms with E-state index in [2.05, 4.69) is 11.0 Å². The number of aliphatic hydroxyl groups is 1. The minimum Gasteiger partial charge on any atom is -0.393 e. The number of pyridine rings is 1. The second-order valence-corrected chi connectivity index (χ2v) is 6.71. The average molecular weight is 286 g/mol. The van der Waals surface area contributed by atoms with Crippen molar-refractivity contribution in [2.75, 3.05) is 18.0 Å². The van der Waals surface area contributed by atoms with Gasteiger partial charge in [-0.2, -0.15) is 0 Å². The fraction of sp³-hybridized carbons (Fsp3) is 0.625. The lowest BCUT2D eigenvalue weighted by Gasteiger charge is -2.23. The van der Waals surface area contributed by atoms with E-state index >= 15 is 0 Å². The maximum atomic E-state index is 10.1. The maximum Gasteiger partial charge on any atom is 0.139 e. The van der Waals surface area contributed by atoms with Gasteiger partial charge < -0.3 is 15.7 Å². The molecule has 5 nitrogen and oxygen atoms in total. The minimum absolute atomic E-state index is 0.102. The normalized spacial score (nSPS) is 30.5. The summed E-state index contributed by atoms with van der Waals surface area (Å²) in [4.78, 5) is 7.08. The Morgan fingerprint density at radius 1 is 1.33 bits per heavy atom. The van der Waals surface area contributed by atoms with Crippen molar-refractivity contribution in [3.8, 4) is 0 Å². The van der Waals surface area contributed by atoms with Gasteiger partial charge in [0.05, 0.1) is 11.7 Å². The zero-order chi connectivity index (χ0) is 14.6. The average Bonchev–Trinajstić information content (AvgIpc) is 3.14. The number of nitrogens with zero attached hydrogens (tertiary/aromatic N) is 2. The van der Waals surface area contributed by atoms with Crippen molar-refractivity contribution >= 4 is 11.7 Å². The molecule has 0 aromatic carbocycles. The first-order chi connectivity index (χ1) is 10.1. The van der Waals surface area contributed by atoms with E-state index in [0.29, 0.717) is 11.8 Å². The van der Waals surface area contributed by atoms with Crippen molar-refractivity contribution in [3.63, 3.8) is 0 Å². The smallest absolute Gasteiger partial charge is 0.139 e. The molecular formula is C16H22N4O. The maximum absolute atomic E-state index is 10.1. The van der Waals surface area contributed by atoms with Gasteiger partial charge in [-0.3, -0.25) is 5.41 Å². The molecule has 21 heavy (non-hydrogen) atoms.